The molecule has 3 aromatic rings. The lowest BCUT2D eigenvalue weighted by molar-refractivity contribution is -0.132. The fourth-order valence-electron chi connectivity index (χ4n) is 4.01. The molecule has 1 aliphatic rings. The van der Waals surface area contributed by atoms with Crippen molar-refractivity contribution in [2.75, 3.05) is 26.2 Å². The summed E-state index contributed by atoms with van der Waals surface area (Å²) < 4.78 is 0. The van der Waals surface area contributed by atoms with E-state index in [2.05, 4.69) is 53.4 Å². The van der Waals surface area contributed by atoms with E-state index in [1.807, 2.05) is 47.4 Å². The van der Waals surface area contributed by atoms with Crippen molar-refractivity contribution in [3.8, 4) is 0 Å². The Morgan fingerprint density at radius 1 is 0.655 bits per heavy atom. The highest BCUT2D eigenvalue weighted by atomic mass is 35.5. The van der Waals surface area contributed by atoms with E-state index in [0.29, 0.717) is 13.1 Å². The van der Waals surface area contributed by atoms with Gasteiger partial charge in [0.05, 0.1) is 6.04 Å². The molecule has 0 spiro atoms. The lowest BCUT2D eigenvalue weighted by atomic mass is 9.96. The number of carbonyl (C=O) groups excluding carboxylic acids is 1. The second-order valence-electron chi connectivity index (χ2n) is 7.36. The van der Waals surface area contributed by atoms with Crippen LogP contribution in [0.4, 0.5) is 0 Å². The molecule has 1 atom stereocenters. The fraction of sp³-hybridized carbons (Fsp3) is 0.240. The van der Waals surface area contributed by atoms with Crippen LogP contribution in [0.15, 0.2) is 91.0 Å². The largest absolute Gasteiger partial charge is 0.339 e. The summed E-state index contributed by atoms with van der Waals surface area (Å²) in [4.78, 5) is 17.2. The molecule has 1 saturated heterocycles. The van der Waals surface area contributed by atoms with Crippen molar-refractivity contribution in [1.82, 2.24) is 9.80 Å². The molecule has 4 heteroatoms. The van der Waals surface area contributed by atoms with E-state index in [1.165, 1.54) is 11.1 Å². The van der Waals surface area contributed by atoms with Crippen molar-refractivity contribution in [1.29, 1.82) is 0 Å². The number of benzene rings is 3. The molecule has 1 unspecified atom stereocenters. The zero-order valence-corrected chi connectivity index (χ0v) is 17.1. The molecule has 0 aromatic heterocycles. The van der Waals surface area contributed by atoms with Gasteiger partial charge in [0.2, 0.25) is 5.91 Å². The average Bonchev–Trinajstić information content (AvgIpc) is 2.81. The molecule has 0 bridgehead atoms. The SMILES string of the molecule is O=C(C(Cl)c1ccccc1)N1CCN(C(c2ccccc2)c2ccccc2)CC1. The van der Waals surface area contributed by atoms with Crippen LogP contribution in [-0.4, -0.2) is 41.9 Å². The first-order valence-corrected chi connectivity index (χ1v) is 10.5. The third-order valence-corrected chi connectivity index (χ3v) is 5.97. The van der Waals surface area contributed by atoms with Crippen LogP contribution in [0.2, 0.25) is 0 Å². The van der Waals surface area contributed by atoms with E-state index >= 15 is 0 Å². The maximum Gasteiger partial charge on any atom is 0.245 e. The molecule has 0 saturated carbocycles. The van der Waals surface area contributed by atoms with Crippen molar-refractivity contribution < 1.29 is 4.79 Å². The molecule has 0 N–H and O–H groups in total. The number of hydrogen-bond donors (Lipinski definition) is 0. The number of piperazine rings is 1. The third-order valence-electron chi connectivity index (χ3n) is 5.53. The molecular formula is C25H25ClN2O. The molecule has 1 fully saturated rings. The zero-order valence-electron chi connectivity index (χ0n) is 16.3. The molecule has 3 aromatic carbocycles. The minimum atomic E-state index is -0.623. The van der Waals surface area contributed by atoms with Gasteiger partial charge in [-0.25, -0.2) is 0 Å². The summed E-state index contributed by atoms with van der Waals surface area (Å²) >= 11 is 6.48. The monoisotopic (exact) mass is 404 g/mol. The van der Waals surface area contributed by atoms with Crippen LogP contribution in [0.1, 0.15) is 28.1 Å². The van der Waals surface area contributed by atoms with Gasteiger partial charge in [0.1, 0.15) is 5.38 Å². The quantitative estimate of drug-likeness (QED) is 0.564. The number of carbonyl (C=O) groups is 1. The van der Waals surface area contributed by atoms with Gasteiger partial charge >= 0.3 is 0 Å². The number of hydrogen-bond acceptors (Lipinski definition) is 2. The van der Waals surface area contributed by atoms with Crippen LogP contribution < -0.4 is 0 Å². The summed E-state index contributed by atoms with van der Waals surface area (Å²) in [7, 11) is 0. The smallest absolute Gasteiger partial charge is 0.245 e. The molecule has 0 radical (unpaired) electrons. The van der Waals surface area contributed by atoms with Crippen LogP contribution in [-0.2, 0) is 4.79 Å². The summed E-state index contributed by atoms with van der Waals surface area (Å²) in [6.45, 7) is 3.01. The average molecular weight is 405 g/mol. The molecule has 0 aliphatic carbocycles. The number of alkyl halides is 1. The Kier molecular flexibility index (Phi) is 6.28. The first-order valence-electron chi connectivity index (χ1n) is 10.1. The molecular weight excluding hydrogens is 380 g/mol. The first-order chi connectivity index (χ1) is 14.2. The summed E-state index contributed by atoms with van der Waals surface area (Å²) in [6, 6.07) is 30.9. The van der Waals surface area contributed by atoms with Gasteiger partial charge in [0, 0.05) is 26.2 Å². The molecule has 4 rings (SSSR count). The van der Waals surface area contributed by atoms with Crippen LogP contribution >= 0.6 is 11.6 Å². The number of amides is 1. The summed E-state index contributed by atoms with van der Waals surface area (Å²) in [5, 5.41) is -0.623. The van der Waals surface area contributed by atoms with E-state index < -0.39 is 5.38 Å². The van der Waals surface area contributed by atoms with E-state index in [0.717, 1.165) is 18.7 Å². The summed E-state index contributed by atoms with van der Waals surface area (Å²) in [5.74, 6) is -0.00603. The van der Waals surface area contributed by atoms with Gasteiger partial charge < -0.3 is 4.90 Å². The summed E-state index contributed by atoms with van der Waals surface area (Å²) in [6.07, 6.45) is 0. The molecule has 1 heterocycles. The Labute approximate surface area is 177 Å². The lowest BCUT2D eigenvalue weighted by Crippen LogP contribution is -2.50. The van der Waals surface area contributed by atoms with Gasteiger partial charge in [0.25, 0.3) is 0 Å². The van der Waals surface area contributed by atoms with Crippen molar-refractivity contribution >= 4 is 17.5 Å². The lowest BCUT2D eigenvalue weighted by Gasteiger charge is -2.40. The molecule has 29 heavy (non-hydrogen) atoms. The van der Waals surface area contributed by atoms with Gasteiger partial charge in [-0.15, -0.1) is 11.6 Å². The van der Waals surface area contributed by atoms with Gasteiger partial charge in [0.15, 0.2) is 0 Å². The summed E-state index contributed by atoms with van der Waals surface area (Å²) in [5.41, 5.74) is 3.41. The highest BCUT2D eigenvalue weighted by Crippen LogP contribution is 2.30. The predicted octanol–water partition coefficient (Wildman–Crippen LogP) is 4.90. The van der Waals surface area contributed by atoms with Crippen LogP contribution in [0, 0.1) is 0 Å². The van der Waals surface area contributed by atoms with Crippen LogP contribution in [0.25, 0.3) is 0 Å². The molecule has 3 nitrogen and oxygen atoms in total. The van der Waals surface area contributed by atoms with Crippen LogP contribution in [0.5, 0.6) is 0 Å². The first kappa shape index (κ1) is 19.7. The number of rotatable bonds is 5. The third kappa shape index (κ3) is 4.52. The Bertz CT molecular complexity index is 870. The van der Waals surface area contributed by atoms with E-state index in [1.54, 1.807) is 0 Å². The second-order valence-corrected chi connectivity index (χ2v) is 7.79. The Morgan fingerprint density at radius 2 is 1.07 bits per heavy atom. The maximum atomic E-state index is 12.9. The van der Waals surface area contributed by atoms with Crippen molar-refractivity contribution in [2.45, 2.75) is 11.4 Å². The molecule has 1 amide bonds. The van der Waals surface area contributed by atoms with Gasteiger partial charge in [-0.05, 0) is 16.7 Å². The Morgan fingerprint density at radius 3 is 1.52 bits per heavy atom. The zero-order chi connectivity index (χ0) is 20.1. The van der Waals surface area contributed by atoms with Crippen molar-refractivity contribution in [3.05, 3.63) is 108 Å². The standard InChI is InChI=1S/C25H25ClN2O/c26-23(20-10-4-1-5-11-20)25(29)28-18-16-27(17-19-28)24(21-12-6-2-7-13-21)22-14-8-3-9-15-22/h1-15,23-24H,16-19H2. The number of halogens is 1. The topological polar surface area (TPSA) is 23.6 Å². The fourth-order valence-corrected chi connectivity index (χ4v) is 4.29. The highest BCUT2D eigenvalue weighted by Gasteiger charge is 2.30. The van der Waals surface area contributed by atoms with E-state index in [9.17, 15) is 4.79 Å². The highest BCUT2D eigenvalue weighted by molar-refractivity contribution is 6.30. The van der Waals surface area contributed by atoms with E-state index in [-0.39, 0.29) is 11.9 Å². The minimum absolute atomic E-state index is 0.00603. The van der Waals surface area contributed by atoms with E-state index in [4.69, 9.17) is 11.6 Å². The number of nitrogens with zero attached hydrogens (tertiary/aromatic N) is 2. The Balaban J connectivity index is 1.48. The predicted molar refractivity (Wildman–Crippen MR) is 118 cm³/mol. The molecule has 1 aliphatic heterocycles. The normalized spacial score (nSPS) is 16.0. The van der Waals surface area contributed by atoms with Gasteiger partial charge in [-0.1, -0.05) is 91.0 Å². The maximum absolute atomic E-state index is 12.9. The van der Waals surface area contributed by atoms with Crippen molar-refractivity contribution in [3.63, 3.8) is 0 Å². The van der Waals surface area contributed by atoms with Gasteiger partial charge in [-0.2, -0.15) is 0 Å². The minimum Gasteiger partial charge on any atom is -0.339 e. The van der Waals surface area contributed by atoms with Crippen LogP contribution in [0.3, 0.4) is 0 Å². The molecule has 148 valence electrons. The van der Waals surface area contributed by atoms with Crippen molar-refractivity contribution in [2.24, 2.45) is 0 Å². The van der Waals surface area contributed by atoms with Gasteiger partial charge in [-0.3, -0.25) is 9.69 Å². The Hall–Kier alpha value is -2.62. The second kappa shape index (κ2) is 9.25.